The highest BCUT2D eigenvalue weighted by Gasteiger charge is 2.05. The van der Waals surface area contributed by atoms with Gasteiger partial charge in [0.2, 0.25) is 0 Å². The summed E-state index contributed by atoms with van der Waals surface area (Å²) in [4.78, 5) is 0. The fourth-order valence-corrected chi connectivity index (χ4v) is 1.28. The van der Waals surface area contributed by atoms with Crippen molar-refractivity contribution in [3.8, 4) is 11.5 Å². The molecule has 0 spiro atoms. The van der Waals surface area contributed by atoms with E-state index in [1.807, 2.05) is 13.0 Å². The standard InChI is InChI=1S/C11H16O3/c1-8(13-2)6-9-4-5-11(14-3)10(12)7-9/h4-5,7-8,12H,6H2,1-3H3. The predicted molar refractivity (Wildman–Crippen MR) is 54.8 cm³/mol. The SMILES string of the molecule is COc1ccc(CC(C)OC)cc1O. The van der Waals surface area contributed by atoms with E-state index in [0.717, 1.165) is 12.0 Å². The van der Waals surface area contributed by atoms with Crippen molar-refractivity contribution >= 4 is 0 Å². The van der Waals surface area contributed by atoms with Crippen LogP contribution in [-0.4, -0.2) is 25.4 Å². The second-order valence-electron chi connectivity index (χ2n) is 3.26. The first-order chi connectivity index (χ1) is 6.67. The van der Waals surface area contributed by atoms with Crippen LogP contribution in [0.1, 0.15) is 12.5 Å². The monoisotopic (exact) mass is 196 g/mol. The third-order valence-electron chi connectivity index (χ3n) is 2.17. The summed E-state index contributed by atoms with van der Waals surface area (Å²) in [7, 11) is 3.21. The minimum absolute atomic E-state index is 0.155. The van der Waals surface area contributed by atoms with Gasteiger partial charge in [-0.25, -0.2) is 0 Å². The van der Waals surface area contributed by atoms with Crippen molar-refractivity contribution in [2.24, 2.45) is 0 Å². The Balaban J connectivity index is 2.76. The second kappa shape index (κ2) is 4.86. The summed E-state index contributed by atoms with van der Waals surface area (Å²) in [6, 6.07) is 5.38. The normalized spacial score (nSPS) is 12.5. The number of rotatable bonds is 4. The molecule has 0 fully saturated rings. The zero-order chi connectivity index (χ0) is 10.6. The molecular weight excluding hydrogens is 180 g/mol. The number of methoxy groups -OCH3 is 2. The van der Waals surface area contributed by atoms with Gasteiger partial charge in [-0.1, -0.05) is 6.07 Å². The molecular formula is C11H16O3. The van der Waals surface area contributed by atoms with Crippen molar-refractivity contribution < 1.29 is 14.6 Å². The molecule has 1 unspecified atom stereocenters. The Morgan fingerprint density at radius 1 is 1.36 bits per heavy atom. The molecule has 3 nitrogen and oxygen atoms in total. The zero-order valence-electron chi connectivity index (χ0n) is 8.78. The quantitative estimate of drug-likeness (QED) is 0.800. The average Bonchev–Trinajstić information content (AvgIpc) is 2.18. The van der Waals surface area contributed by atoms with Gasteiger partial charge in [-0.2, -0.15) is 0 Å². The van der Waals surface area contributed by atoms with Crippen LogP contribution in [0.2, 0.25) is 0 Å². The van der Waals surface area contributed by atoms with Gasteiger partial charge in [0.15, 0.2) is 11.5 Å². The summed E-state index contributed by atoms with van der Waals surface area (Å²) in [5.74, 6) is 0.673. The molecule has 0 aliphatic carbocycles. The first-order valence-electron chi connectivity index (χ1n) is 4.56. The third kappa shape index (κ3) is 2.64. The van der Waals surface area contributed by atoms with Crippen LogP contribution in [0, 0.1) is 0 Å². The number of hydrogen-bond donors (Lipinski definition) is 1. The number of hydrogen-bond acceptors (Lipinski definition) is 3. The Bertz CT molecular complexity index is 297. The molecule has 1 aromatic carbocycles. The molecule has 3 heteroatoms. The molecule has 0 aromatic heterocycles. The van der Waals surface area contributed by atoms with Crippen molar-refractivity contribution in [3.63, 3.8) is 0 Å². The molecule has 0 radical (unpaired) electrons. The van der Waals surface area contributed by atoms with E-state index in [2.05, 4.69) is 0 Å². The molecule has 0 aliphatic rings. The third-order valence-corrected chi connectivity index (χ3v) is 2.17. The van der Waals surface area contributed by atoms with Gasteiger partial charge >= 0.3 is 0 Å². The molecule has 0 amide bonds. The van der Waals surface area contributed by atoms with Crippen LogP contribution < -0.4 is 4.74 Å². The van der Waals surface area contributed by atoms with E-state index >= 15 is 0 Å². The van der Waals surface area contributed by atoms with Crippen LogP contribution in [0.15, 0.2) is 18.2 Å². The van der Waals surface area contributed by atoms with E-state index in [0.29, 0.717) is 5.75 Å². The van der Waals surface area contributed by atoms with Crippen molar-refractivity contribution in [1.82, 2.24) is 0 Å². The van der Waals surface area contributed by atoms with Crippen molar-refractivity contribution in [3.05, 3.63) is 23.8 Å². The van der Waals surface area contributed by atoms with Gasteiger partial charge < -0.3 is 14.6 Å². The topological polar surface area (TPSA) is 38.7 Å². The molecule has 0 saturated heterocycles. The molecule has 78 valence electrons. The number of ether oxygens (including phenoxy) is 2. The molecule has 14 heavy (non-hydrogen) atoms. The maximum absolute atomic E-state index is 9.51. The van der Waals surface area contributed by atoms with E-state index in [9.17, 15) is 5.11 Å². The van der Waals surface area contributed by atoms with Gasteiger partial charge in [-0.3, -0.25) is 0 Å². The van der Waals surface area contributed by atoms with Crippen LogP contribution in [-0.2, 0) is 11.2 Å². The highest BCUT2D eigenvalue weighted by atomic mass is 16.5. The average molecular weight is 196 g/mol. The summed E-state index contributed by atoms with van der Waals surface area (Å²) in [6.07, 6.45) is 0.941. The Kier molecular flexibility index (Phi) is 3.77. The van der Waals surface area contributed by atoms with Crippen molar-refractivity contribution in [2.45, 2.75) is 19.4 Å². The summed E-state index contributed by atoms with van der Waals surface area (Å²) in [6.45, 7) is 1.99. The molecule has 0 heterocycles. The van der Waals surface area contributed by atoms with E-state index in [4.69, 9.17) is 9.47 Å². The zero-order valence-corrected chi connectivity index (χ0v) is 8.78. The van der Waals surface area contributed by atoms with Gasteiger partial charge in [0.05, 0.1) is 13.2 Å². The molecule has 0 aliphatic heterocycles. The van der Waals surface area contributed by atoms with E-state index in [1.165, 1.54) is 7.11 Å². The lowest BCUT2D eigenvalue weighted by atomic mass is 10.1. The Morgan fingerprint density at radius 3 is 2.57 bits per heavy atom. The highest BCUT2D eigenvalue weighted by molar-refractivity contribution is 5.41. The van der Waals surface area contributed by atoms with Gasteiger partial charge in [0.25, 0.3) is 0 Å². The highest BCUT2D eigenvalue weighted by Crippen LogP contribution is 2.26. The minimum Gasteiger partial charge on any atom is -0.504 e. The summed E-state index contributed by atoms with van der Waals surface area (Å²) >= 11 is 0. The molecule has 1 rings (SSSR count). The van der Waals surface area contributed by atoms with Crippen LogP contribution in [0.25, 0.3) is 0 Å². The predicted octanol–water partition coefficient (Wildman–Crippen LogP) is 1.98. The van der Waals surface area contributed by atoms with Crippen LogP contribution in [0.3, 0.4) is 0 Å². The fourth-order valence-electron chi connectivity index (χ4n) is 1.28. The number of phenols is 1. The van der Waals surface area contributed by atoms with Gasteiger partial charge in [-0.05, 0) is 31.0 Å². The lowest BCUT2D eigenvalue weighted by Gasteiger charge is -2.10. The Labute approximate surface area is 84.3 Å². The minimum atomic E-state index is 0.155. The first-order valence-corrected chi connectivity index (χ1v) is 4.56. The Hall–Kier alpha value is -1.22. The lowest BCUT2D eigenvalue weighted by molar-refractivity contribution is 0.119. The van der Waals surface area contributed by atoms with Gasteiger partial charge in [0, 0.05) is 7.11 Å². The van der Waals surface area contributed by atoms with E-state index in [-0.39, 0.29) is 11.9 Å². The van der Waals surface area contributed by atoms with Crippen LogP contribution in [0.4, 0.5) is 0 Å². The smallest absolute Gasteiger partial charge is 0.160 e. The van der Waals surface area contributed by atoms with E-state index in [1.54, 1.807) is 19.2 Å². The molecule has 1 N–H and O–H groups in total. The molecule has 0 saturated carbocycles. The maximum Gasteiger partial charge on any atom is 0.160 e. The summed E-state index contributed by atoms with van der Waals surface area (Å²) in [5, 5.41) is 9.51. The van der Waals surface area contributed by atoms with Crippen LogP contribution in [0.5, 0.6) is 11.5 Å². The van der Waals surface area contributed by atoms with Crippen molar-refractivity contribution in [2.75, 3.05) is 14.2 Å². The molecule has 1 aromatic rings. The van der Waals surface area contributed by atoms with Gasteiger partial charge in [0.1, 0.15) is 0 Å². The van der Waals surface area contributed by atoms with E-state index < -0.39 is 0 Å². The van der Waals surface area contributed by atoms with Crippen molar-refractivity contribution in [1.29, 1.82) is 0 Å². The number of benzene rings is 1. The molecule has 1 atom stereocenters. The number of phenolic OH excluding ortho intramolecular Hbond substituents is 1. The second-order valence-corrected chi connectivity index (χ2v) is 3.26. The maximum atomic E-state index is 9.51. The number of aromatic hydroxyl groups is 1. The Morgan fingerprint density at radius 2 is 2.07 bits per heavy atom. The lowest BCUT2D eigenvalue weighted by Crippen LogP contribution is -2.08. The summed E-state index contributed by atoms with van der Waals surface area (Å²) < 4.78 is 10.1. The summed E-state index contributed by atoms with van der Waals surface area (Å²) in [5.41, 5.74) is 1.04. The fraction of sp³-hybridized carbons (Fsp3) is 0.455. The van der Waals surface area contributed by atoms with Crippen LogP contribution >= 0.6 is 0 Å². The van der Waals surface area contributed by atoms with Gasteiger partial charge in [-0.15, -0.1) is 0 Å². The largest absolute Gasteiger partial charge is 0.504 e. The first kappa shape index (κ1) is 10.9. The molecule has 0 bridgehead atoms.